The topological polar surface area (TPSA) is 52.0 Å². The highest BCUT2D eigenvalue weighted by molar-refractivity contribution is 4.78. The van der Waals surface area contributed by atoms with Gasteiger partial charge in [0, 0.05) is 24.5 Å². The van der Waals surface area contributed by atoms with Crippen molar-refractivity contribution in [2.75, 3.05) is 26.2 Å². The molecular weight excluding hydrogens is 164 g/mol. The van der Waals surface area contributed by atoms with Crippen molar-refractivity contribution in [3.8, 4) is 0 Å². The minimum atomic E-state index is 0.635. The van der Waals surface area contributed by atoms with Crippen molar-refractivity contribution < 1.29 is 0 Å². The number of hydrogen-bond donors (Lipinski definition) is 0. The van der Waals surface area contributed by atoms with E-state index in [1.165, 1.54) is 13.1 Å². The van der Waals surface area contributed by atoms with Crippen LogP contribution in [0.2, 0.25) is 0 Å². The second kappa shape index (κ2) is 5.10. The summed E-state index contributed by atoms with van der Waals surface area (Å²) in [5, 5.41) is 3.52. The van der Waals surface area contributed by atoms with Gasteiger partial charge in [-0.1, -0.05) is 19.0 Å². The Morgan fingerprint density at radius 3 is 2.54 bits per heavy atom. The lowest BCUT2D eigenvalue weighted by atomic mass is 10.0. The van der Waals surface area contributed by atoms with Gasteiger partial charge in [0.1, 0.15) is 0 Å². The Labute approximate surface area is 79.5 Å². The molecule has 1 rings (SSSR count). The number of hydrogen-bond acceptors (Lipinski definition) is 2. The Hall–Kier alpha value is -0.730. The zero-order valence-corrected chi connectivity index (χ0v) is 8.48. The van der Waals surface area contributed by atoms with Crippen LogP contribution in [0.1, 0.15) is 20.3 Å². The minimum Gasteiger partial charge on any atom is -0.303 e. The molecule has 0 aliphatic carbocycles. The first kappa shape index (κ1) is 10.4. The smallest absolute Gasteiger partial charge is 0.0270 e. The third-order valence-electron chi connectivity index (χ3n) is 2.86. The van der Waals surface area contributed by atoms with Crippen LogP contribution in [-0.2, 0) is 0 Å². The lowest BCUT2D eigenvalue weighted by Crippen LogP contribution is -2.22. The highest BCUT2D eigenvalue weighted by Crippen LogP contribution is 2.21. The van der Waals surface area contributed by atoms with Crippen molar-refractivity contribution in [3.05, 3.63) is 10.4 Å². The van der Waals surface area contributed by atoms with E-state index in [1.807, 2.05) is 0 Å². The molecule has 0 spiro atoms. The molecule has 2 atom stereocenters. The largest absolute Gasteiger partial charge is 0.303 e. The van der Waals surface area contributed by atoms with Gasteiger partial charge in [0.05, 0.1) is 0 Å². The number of nitrogens with zero attached hydrogens (tertiary/aromatic N) is 4. The van der Waals surface area contributed by atoms with E-state index in [9.17, 15) is 0 Å². The summed E-state index contributed by atoms with van der Waals surface area (Å²) in [6.07, 6.45) is 0.990. The highest BCUT2D eigenvalue weighted by Gasteiger charge is 2.24. The van der Waals surface area contributed by atoms with Crippen molar-refractivity contribution >= 4 is 0 Å². The SMILES string of the molecule is CC1CN(CCCN=[N+]=[N-])CC1C. The van der Waals surface area contributed by atoms with Gasteiger partial charge < -0.3 is 4.90 Å². The van der Waals surface area contributed by atoms with Crippen molar-refractivity contribution in [1.29, 1.82) is 0 Å². The molecule has 0 bridgehead atoms. The molecule has 0 saturated carbocycles. The Morgan fingerprint density at radius 1 is 1.38 bits per heavy atom. The van der Waals surface area contributed by atoms with Crippen LogP contribution in [0.3, 0.4) is 0 Å². The molecule has 4 heteroatoms. The predicted octanol–water partition coefficient (Wildman–Crippen LogP) is 2.27. The average Bonchev–Trinajstić information content (AvgIpc) is 2.41. The fraction of sp³-hybridized carbons (Fsp3) is 1.00. The van der Waals surface area contributed by atoms with Gasteiger partial charge >= 0.3 is 0 Å². The average molecular weight is 182 g/mol. The van der Waals surface area contributed by atoms with Gasteiger partial charge in [-0.3, -0.25) is 0 Å². The molecule has 1 aliphatic rings. The molecule has 1 heterocycles. The predicted molar refractivity (Wildman–Crippen MR) is 53.4 cm³/mol. The van der Waals surface area contributed by atoms with Crippen LogP contribution in [0.4, 0.5) is 0 Å². The molecule has 0 aromatic carbocycles. The maximum absolute atomic E-state index is 8.09. The van der Waals surface area contributed by atoms with E-state index in [1.54, 1.807) is 0 Å². The van der Waals surface area contributed by atoms with Gasteiger partial charge in [-0.25, -0.2) is 0 Å². The maximum atomic E-state index is 8.09. The Bertz CT molecular complexity index is 188. The monoisotopic (exact) mass is 182 g/mol. The molecule has 0 amide bonds. The molecule has 0 aromatic heterocycles. The van der Waals surface area contributed by atoms with Gasteiger partial charge in [-0.2, -0.15) is 0 Å². The zero-order valence-electron chi connectivity index (χ0n) is 8.48. The van der Waals surface area contributed by atoms with E-state index < -0.39 is 0 Å². The van der Waals surface area contributed by atoms with Crippen molar-refractivity contribution in [1.82, 2.24) is 4.90 Å². The standard InChI is InChI=1S/C9H18N4/c1-8-6-13(7-9(8)2)5-3-4-11-12-10/h8-9H,3-7H2,1-2H3. The number of azide groups is 1. The van der Waals surface area contributed by atoms with Gasteiger partial charge in [0.25, 0.3) is 0 Å². The Morgan fingerprint density at radius 2 is 2.00 bits per heavy atom. The first-order valence-electron chi connectivity index (χ1n) is 4.97. The van der Waals surface area contributed by atoms with E-state index in [0.29, 0.717) is 6.54 Å². The van der Waals surface area contributed by atoms with E-state index in [2.05, 4.69) is 28.8 Å². The van der Waals surface area contributed by atoms with Crippen molar-refractivity contribution in [3.63, 3.8) is 0 Å². The normalized spacial score (nSPS) is 28.8. The highest BCUT2D eigenvalue weighted by atomic mass is 15.2. The molecular formula is C9H18N4. The second-order valence-electron chi connectivity index (χ2n) is 4.02. The van der Waals surface area contributed by atoms with Gasteiger partial charge in [0.2, 0.25) is 0 Å². The lowest BCUT2D eigenvalue weighted by molar-refractivity contribution is 0.321. The van der Waals surface area contributed by atoms with Crippen LogP contribution in [0, 0.1) is 11.8 Å². The summed E-state index contributed by atoms with van der Waals surface area (Å²) in [4.78, 5) is 5.20. The summed E-state index contributed by atoms with van der Waals surface area (Å²) in [5.41, 5.74) is 8.09. The Kier molecular flexibility index (Phi) is 4.06. The van der Waals surface area contributed by atoms with Gasteiger partial charge in [-0.15, -0.1) is 0 Å². The molecule has 1 aliphatic heterocycles. The van der Waals surface area contributed by atoms with E-state index >= 15 is 0 Å². The number of rotatable bonds is 4. The van der Waals surface area contributed by atoms with E-state index in [4.69, 9.17) is 5.53 Å². The van der Waals surface area contributed by atoms with Gasteiger partial charge in [-0.05, 0) is 30.3 Å². The summed E-state index contributed by atoms with van der Waals surface area (Å²) in [6, 6.07) is 0. The minimum absolute atomic E-state index is 0.635. The molecule has 2 unspecified atom stereocenters. The van der Waals surface area contributed by atoms with Crippen LogP contribution < -0.4 is 0 Å². The fourth-order valence-electron chi connectivity index (χ4n) is 1.84. The molecule has 1 fully saturated rings. The molecule has 74 valence electrons. The lowest BCUT2D eigenvalue weighted by Gasteiger charge is -2.13. The molecule has 1 saturated heterocycles. The summed E-state index contributed by atoms with van der Waals surface area (Å²) >= 11 is 0. The molecule has 0 radical (unpaired) electrons. The molecule has 4 nitrogen and oxygen atoms in total. The van der Waals surface area contributed by atoms with Crippen molar-refractivity contribution in [2.24, 2.45) is 17.0 Å². The Balaban J connectivity index is 2.13. The third-order valence-corrected chi connectivity index (χ3v) is 2.86. The molecule has 0 N–H and O–H groups in total. The maximum Gasteiger partial charge on any atom is 0.0270 e. The summed E-state index contributed by atoms with van der Waals surface area (Å²) < 4.78 is 0. The first-order valence-corrected chi connectivity index (χ1v) is 4.97. The summed E-state index contributed by atoms with van der Waals surface area (Å²) in [7, 11) is 0. The quantitative estimate of drug-likeness (QED) is 0.285. The third kappa shape index (κ3) is 3.25. The summed E-state index contributed by atoms with van der Waals surface area (Å²) in [5.74, 6) is 1.64. The van der Waals surface area contributed by atoms with Crippen LogP contribution in [0.15, 0.2) is 5.11 Å². The van der Waals surface area contributed by atoms with Crippen LogP contribution in [-0.4, -0.2) is 31.1 Å². The van der Waals surface area contributed by atoms with Crippen LogP contribution >= 0.6 is 0 Å². The fourth-order valence-corrected chi connectivity index (χ4v) is 1.84. The zero-order chi connectivity index (χ0) is 9.68. The molecule has 0 aromatic rings. The van der Waals surface area contributed by atoms with Crippen LogP contribution in [0.25, 0.3) is 10.4 Å². The van der Waals surface area contributed by atoms with Crippen molar-refractivity contribution in [2.45, 2.75) is 20.3 Å². The molecule has 13 heavy (non-hydrogen) atoms. The first-order chi connectivity index (χ1) is 6.24. The van der Waals surface area contributed by atoms with E-state index in [-0.39, 0.29) is 0 Å². The summed E-state index contributed by atoms with van der Waals surface area (Å²) in [6.45, 7) is 8.73. The second-order valence-corrected chi connectivity index (χ2v) is 4.02. The van der Waals surface area contributed by atoms with Gasteiger partial charge in [0.15, 0.2) is 0 Å². The van der Waals surface area contributed by atoms with E-state index in [0.717, 1.165) is 24.8 Å². The number of likely N-dealkylation sites (tertiary alicyclic amines) is 1. The van der Waals surface area contributed by atoms with Crippen LogP contribution in [0.5, 0.6) is 0 Å².